The number of fused-ring (bicyclic) bond motifs is 1. The smallest absolute Gasteiger partial charge is 0.328 e. The normalized spacial score (nSPS) is 12.2. The molecule has 2 aromatic rings. The zero-order valence-electron chi connectivity index (χ0n) is 12.0. The highest BCUT2D eigenvalue weighted by Crippen LogP contribution is 2.08. The van der Waals surface area contributed by atoms with Gasteiger partial charge in [0.05, 0.1) is 7.11 Å². The topological polar surface area (TPSA) is 97.6 Å². The van der Waals surface area contributed by atoms with E-state index >= 15 is 0 Å². The maximum Gasteiger partial charge on any atom is 0.328 e. The molecule has 21 heavy (non-hydrogen) atoms. The van der Waals surface area contributed by atoms with Gasteiger partial charge in [0.2, 0.25) is 5.95 Å². The van der Waals surface area contributed by atoms with Crippen LogP contribution in [0.2, 0.25) is 0 Å². The molecule has 0 bridgehead atoms. The first-order valence-corrected chi connectivity index (χ1v) is 6.48. The third-order valence-electron chi connectivity index (χ3n) is 2.95. The third-order valence-corrected chi connectivity index (χ3v) is 2.95. The maximum atomic E-state index is 12.0. The van der Waals surface area contributed by atoms with Crippen LogP contribution in [0.1, 0.15) is 13.8 Å². The molecular formula is C13H17N5O3. The minimum absolute atomic E-state index is 0.0988. The van der Waals surface area contributed by atoms with E-state index in [-0.39, 0.29) is 11.9 Å². The molecule has 2 amide bonds. The molecule has 0 saturated carbocycles. The molecule has 0 aliphatic rings. The summed E-state index contributed by atoms with van der Waals surface area (Å²) in [7, 11) is 1.28. The molecule has 0 aliphatic heterocycles. The second-order valence-corrected chi connectivity index (χ2v) is 4.80. The number of carbonyl (C=O) groups excluding carboxylic acids is 2. The molecule has 0 fully saturated rings. The molecule has 0 saturated heterocycles. The number of anilines is 1. The molecule has 1 atom stereocenters. The molecule has 0 aromatic carbocycles. The number of nitrogens with one attached hydrogen (secondary N) is 2. The van der Waals surface area contributed by atoms with Crippen LogP contribution in [0.3, 0.4) is 0 Å². The zero-order chi connectivity index (χ0) is 15.4. The Labute approximate surface area is 121 Å². The van der Waals surface area contributed by atoms with Crippen LogP contribution < -0.4 is 10.6 Å². The molecule has 0 spiro atoms. The van der Waals surface area contributed by atoms with Gasteiger partial charge in [0, 0.05) is 6.20 Å². The fourth-order valence-electron chi connectivity index (χ4n) is 1.83. The lowest BCUT2D eigenvalue weighted by molar-refractivity contribution is -0.143. The van der Waals surface area contributed by atoms with E-state index in [4.69, 9.17) is 0 Å². The van der Waals surface area contributed by atoms with Crippen molar-refractivity contribution in [2.24, 2.45) is 5.92 Å². The number of esters is 1. The van der Waals surface area contributed by atoms with E-state index in [1.165, 1.54) is 7.11 Å². The highest BCUT2D eigenvalue weighted by Gasteiger charge is 2.25. The number of rotatable bonds is 4. The monoisotopic (exact) mass is 291 g/mol. The van der Waals surface area contributed by atoms with Crippen LogP contribution in [0.15, 0.2) is 24.4 Å². The summed E-state index contributed by atoms with van der Waals surface area (Å²) in [6, 6.07) is 4.11. The van der Waals surface area contributed by atoms with E-state index in [0.717, 1.165) is 0 Å². The Hall–Kier alpha value is -2.64. The van der Waals surface area contributed by atoms with Crippen molar-refractivity contribution >= 4 is 23.6 Å². The van der Waals surface area contributed by atoms with E-state index in [1.807, 2.05) is 19.9 Å². The summed E-state index contributed by atoms with van der Waals surface area (Å²) in [5, 5.41) is 12.9. The van der Waals surface area contributed by atoms with Crippen molar-refractivity contribution in [3.63, 3.8) is 0 Å². The molecular weight excluding hydrogens is 274 g/mol. The van der Waals surface area contributed by atoms with Crippen molar-refractivity contribution in [1.82, 2.24) is 19.9 Å². The Morgan fingerprint density at radius 2 is 2.05 bits per heavy atom. The van der Waals surface area contributed by atoms with Gasteiger partial charge in [0.15, 0.2) is 5.65 Å². The second kappa shape index (κ2) is 6.21. The number of pyridine rings is 1. The number of aromatic nitrogens is 3. The maximum absolute atomic E-state index is 12.0. The van der Waals surface area contributed by atoms with Gasteiger partial charge in [-0.05, 0) is 18.1 Å². The number of hydrogen-bond acceptors (Lipinski definition) is 5. The lowest BCUT2D eigenvalue weighted by atomic mass is 10.1. The minimum atomic E-state index is -0.728. The van der Waals surface area contributed by atoms with Gasteiger partial charge < -0.3 is 10.1 Å². The van der Waals surface area contributed by atoms with Crippen LogP contribution in [-0.4, -0.2) is 39.8 Å². The van der Waals surface area contributed by atoms with Gasteiger partial charge in [-0.1, -0.05) is 19.9 Å². The van der Waals surface area contributed by atoms with Crippen molar-refractivity contribution in [1.29, 1.82) is 0 Å². The van der Waals surface area contributed by atoms with Crippen LogP contribution in [0.5, 0.6) is 0 Å². The quantitative estimate of drug-likeness (QED) is 0.820. The largest absolute Gasteiger partial charge is 0.467 e. The summed E-state index contributed by atoms with van der Waals surface area (Å²) in [5.41, 5.74) is 0.612. The average molecular weight is 291 g/mol. The number of hydrogen-bond donors (Lipinski definition) is 2. The van der Waals surface area contributed by atoms with Gasteiger partial charge in [-0.2, -0.15) is 0 Å². The second-order valence-electron chi connectivity index (χ2n) is 4.80. The van der Waals surface area contributed by atoms with Crippen molar-refractivity contribution in [3.8, 4) is 0 Å². The van der Waals surface area contributed by atoms with Gasteiger partial charge in [-0.3, -0.25) is 9.72 Å². The lowest BCUT2D eigenvalue weighted by Gasteiger charge is -2.19. The number of urea groups is 1. The van der Waals surface area contributed by atoms with E-state index in [1.54, 1.807) is 22.7 Å². The van der Waals surface area contributed by atoms with Crippen LogP contribution in [0, 0.1) is 5.92 Å². The molecule has 2 N–H and O–H groups in total. The first-order valence-electron chi connectivity index (χ1n) is 6.48. The average Bonchev–Trinajstić information content (AvgIpc) is 2.87. The summed E-state index contributed by atoms with van der Waals surface area (Å²) in [4.78, 5) is 23.6. The summed E-state index contributed by atoms with van der Waals surface area (Å²) in [6.07, 6.45) is 1.73. The Morgan fingerprint density at radius 1 is 1.29 bits per heavy atom. The molecule has 8 nitrogen and oxygen atoms in total. The van der Waals surface area contributed by atoms with E-state index in [0.29, 0.717) is 5.65 Å². The molecule has 2 rings (SSSR count). The van der Waals surface area contributed by atoms with Crippen LogP contribution in [0.25, 0.3) is 5.65 Å². The van der Waals surface area contributed by atoms with Crippen molar-refractivity contribution in [2.75, 3.05) is 12.4 Å². The molecule has 112 valence electrons. The summed E-state index contributed by atoms with van der Waals surface area (Å²) in [6.45, 7) is 3.63. The zero-order valence-corrected chi connectivity index (χ0v) is 12.0. The summed E-state index contributed by atoms with van der Waals surface area (Å²) < 4.78 is 6.29. The van der Waals surface area contributed by atoms with Crippen molar-refractivity contribution in [2.45, 2.75) is 19.9 Å². The van der Waals surface area contributed by atoms with Gasteiger partial charge >= 0.3 is 12.0 Å². The first kappa shape index (κ1) is 14.8. The number of nitrogens with zero attached hydrogens (tertiary/aromatic N) is 3. The highest BCUT2D eigenvalue weighted by molar-refractivity contribution is 5.91. The Morgan fingerprint density at radius 3 is 2.71 bits per heavy atom. The van der Waals surface area contributed by atoms with Gasteiger partial charge in [-0.25, -0.2) is 9.59 Å². The van der Waals surface area contributed by atoms with Gasteiger partial charge in [-0.15, -0.1) is 10.2 Å². The molecule has 2 aromatic heterocycles. The number of carbonyl (C=O) groups is 2. The van der Waals surface area contributed by atoms with Gasteiger partial charge in [0.1, 0.15) is 6.04 Å². The van der Waals surface area contributed by atoms with E-state index in [2.05, 4.69) is 25.6 Å². The number of ether oxygens (including phenoxy) is 1. The van der Waals surface area contributed by atoms with E-state index < -0.39 is 18.0 Å². The predicted molar refractivity (Wildman–Crippen MR) is 75.8 cm³/mol. The standard InChI is InChI=1S/C13H17N5O3/c1-8(2)10(11(19)21-3)14-13(20)15-12-17-16-9-6-4-5-7-18(9)12/h4-8,10H,1-3H3,(H2,14,15,17,20)/t10-/m1/s1. The molecule has 0 unspecified atom stereocenters. The predicted octanol–water partition coefficient (Wildman–Crippen LogP) is 1.05. The third kappa shape index (κ3) is 3.28. The van der Waals surface area contributed by atoms with Crippen LogP contribution in [-0.2, 0) is 9.53 Å². The fourth-order valence-corrected chi connectivity index (χ4v) is 1.83. The SMILES string of the molecule is COC(=O)[C@H](NC(=O)Nc1nnc2ccccn12)C(C)C. The Kier molecular flexibility index (Phi) is 4.36. The minimum Gasteiger partial charge on any atom is -0.467 e. The molecule has 8 heteroatoms. The number of methoxy groups -OCH3 is 1. The van der Waals surface area contributed by atoms with Crippen molar-refractivity contribution < 1.29 is 14.3 Å². The molecule has 0 aliphatic carbocycles. The molecule has 2 heterocycles. The van der Waals surface area contributed by atoms with Gasteiger partial charge in [0.25, 0.3) is 0 Å². The fraction of sp³-hybridized carbons (Fsp3) is 0.385. The summed E-state index contributed by atoms with van der Waals surface area (Å²) in [5.74, 6) is -0.319. The first-order chi connectivity index (χ1) is 10.0. The van der Waals surface area contributed by atoms with Crippen LogP contribution in [0.4, 0.5) is 10.7 Å². The highest BCUT2D eigenvalue weighted by atomic mass is 16.5. The van der Waals surface area contributed by atoms with Crippen molar-refractivity contribution in [3.05, 3.63) is 24.4 Å². The summed E-state index contributed by atoms with van der Waals surface area (Å²) >= 11 is 0. The lowest BCUT2D eigenvalue weighted by Crippen LogP contribution is -2.46. The van der Waals surface area contributed by atoms with Crippen LogP contribution >= 0.6 is 0 Å². The number of amides is 2. The molecule has 0 radical (unpaired) electrons. The Bertz CT molecular complexity index is 652. The Balaban J connectivity index is 2.09. The van der Waals surface area contributed by atoms with E-state index in [9.17, 15) is 9.59 Å².